The van der Waals surface area contributed by atoms with Crippen LogP contribution in [0.4, 0.5) is 5.69 Å². The number of nitrogens with zero attached hydrogens (tertiary/aromatic N) is 1. The predicted molar refractivity (Wildman–Crippen MR) is 59.0 cm³/mol. The molecule has 1 rings (SSSR count). The number of benzene rings is 1. The van der Waals surface area contributed by atoms with Gasteiger partial charge in [-0.25, -0.2) is 0 Å². The highest BCUT2D eigenvalue weighted by Gasteiger charge is 2.20. The number of carbonyl (C=O) groups is 1. The Morgan fingerprint density at radius 3 is 2.76 bits per heavy atom. The van der Waals surface area contributed by atoms with Gasteiger partial charge >= 0.3 is 5.97 Å². The summed E-state index contributed by atoms with van der Waals surface area (Å²) >= 11 is 0. The number of hydrogen-bond acceptors (Lipinski definition) is 5. The van der Waals surface area contributed by atoms with Crippen molar-refractivity contribution in [3.8, 4) is 5.75 Å². The number of carboxylic acids is 1. The molecule has 0 bridgehead atoms. The van der Waals surface area contributed by atoms with Crippen LogP contribution >= 0.6 is 0 Å². The van der Waals surface area contributed by atoms with E-state index in [1.165, 1.54) is 25.3 Å². The number of methoxy groups -OCH3 is 1. The van der Waals surface area contributed by atoms with Gasteiger partial charge in [0.05, 0.1) is 18.1 Å². The van der Waals surface area contributed by atoms with Crippen LogP contribution < -0.4 is 10.5 Å². The minimum Gasteiger partial charge on any atom is -0.497 e. The van der Waals surface area contributed by atoms with Gasteiger partial charge in [0.2, 0.25) is 0 Å². The lowest BCUT2D eigenvalue weighted by molar-refractivity contribution is -0.385. The van der Waals surface area contributed by atoms with Crippen LogP contribution in [0, 0.1) is 10.1 Å². The lowest BCUT2D eigenvalue weighted by Crippen LogP contribution is -2.32. The Hall–Kier alpha value is -2.15. The van der Waals surface area contributed by atoms with Gasteiger partial charge < -0.3 is 15.6 Å². The number of nitro groups is 1. The molecule has 0 heterocycles. The van der Waals surface area contributed by atoms with Crippen LogP contribution in [0.2, 0.25) is 0 Å². The summed E-state index contributed by atoms with van der Waals surface area (Å²) in [6.45, 7) is 0. The first kappa shape index (κ1) is 12.9. The standard InChI is InChI=1S/C10H12N2O5/c1-17-7-3-2-6(4-8(11)10(13)14)9(5-7)12(15)16/h2-3,5,8H,4,11H2,1H3,(H,13,14)/t8-/m0/s1. The highest BCUT2D eigenvalue weighted by atomic mass is 16.6. The minimum absolute atomic E-state index is 0.102. The average molecular weight is 240 g/mol. The molecule has 1 aromatic carbocycles. The van der Waals surface area contributed by atoms with Gasteiger partial charge in [-0.05, 0) is 12.1 Å². The molecule has 0 fully saturated rings. The number of nitro benzene ring substituents is 1. The topological polar surface area (TPSA) is 116 Å². The zero-order valence-corrected chi connectivity index (χ0v) is 9.12. The van der Waals surface area contributed by atoms with Crippen LogP contribution in [0.15, 0.2) is 18.2 Å². The molecule has 0 saturated heterocycles. The fourth-order valence-corrected chi connectivity index (χ4v) is 1.34. The second-order valence-corrected chi connectivity index (χ2v) is 3.40. The van der Waals surface area contributed by atoms with Crippen LogP contribution in [0.25, 0.3) is 0 Å². The molecule has 7 nitrogen and oxygen atoms in total. The second kappa shape index (κ2) is 5.26. The summed E-state index contributed by atoms with van der Waals surface area (Å²) in [7, 11) is 1.39. The van der Waals surface area contributed by atoms with Crippen LogP contribution in [0.3, 0.4) is 0 Å². The first-order chi connectivity index (χ1) is 7.95. The first-order valence-electron chi connectivity index (χ1n) is 4.75. The number of ether oxygens (including phenoxy) is 1. The number of rotatable bonds is 5. The maximum atomic E-state index is 10.8. The molecule has 17 heavy (non-hydrogen) atoms. The van der Waals surface area contributed by atoms with Crippen molar-refractivity contribution in [2.75, 3.05) is 7.11 Å². The third-order valence-electron chi connectivity index (χ3n) is 2.25. The summed E-state index contributed by atoms with van der Waals surface area (Å²) in [6, 6.07) is 3.04. The molecular formula is C10H12N2O5. The molecule has 1 aromatic rings. The van der Waals surface area contributed by atoms with Gasteiger partial charge in [0, 0.05) is 12.0 Å². The third kappa shape index (κ3) is 3.15. The summed E-state index contributed by atoms with van der Waals surface area (Å²) < 4.78 is 4.86. The average Bonchev–Trinajstić information content (AvgIpc) is 2.29. The van der Waals surface area contributed by atoms with E-state index in [1.807, 2.05) is 0 Å². The monoisotopic (exact) mass is 240 g/mol. The number of nitrogens with two attached hydrogens (primary N) is 1. The fourth-order valence-electron chi connectivity index (χ4n) is 1.34. The Balaban J connectivity index is 3.06. The maximum absolute atomic E-state index is 10.8. The van der Waals surface area contributed by atoms with Gasteiger partial charge in [-0.2, -0.15) is 0 Å². The molecule has 7 heteroatoms. The molecular weight excluding hydrogens is 228 g/mol. The van der Waals surface area contributed by atoms with E-state index < -0.39 is 16.9 Å². The van der Waals surface area contributed by atoms with Crippen molar-refractivity contribution in [3.63, 3.8) is 0 Å². The summed E-state index contributed by atoms with van der Waals surface area (Å²) in [5.41, 5.74) is 5.41. The van der Waals surface area contributed by atoms with Crippen molar-refractivity contribution >= 4 is 11.7 Å². The van der Waals surface area contributed by atoms with E-state index in [-0.39, 0.29) is 17.7 Å². The van der Waals surface area contributed by atoms with Crippen LogP contribution in [-0.2, 0) is 11.2 Å². The Morgan fingerprint density at radius 2 is 2.29 bits per heavy atom. The van der Waals surface area contributed by atoms with Gasteiger partial charge in [0.1, 0.15) is 11.8 Å². The van der Waals surface area contributed by atoms with Crippen molar-refractivity contribution in [1.29, 1.82) is 0 Å². The minimum atomic E-state index is -1.20. The van der Waals surface area contributed by atoms with E-state index in [9.17, 15) is 14.9 Å². The molecule has 0 aliphatic heterocycles. The molecule has 92 valence electrons. The lowest BCUT2D eigenvalue weighted by atomic mass is 10.0. The molecule has 0 radical (unpaired) electrons. The number of carboxylic acid groups (broad SMARTS) is 1. The van der Waals surface area contributed by atoms with E-state index >= 15 is 0 Å². The summed E-state index contributed by atoms with van der Waals surface area (Å²) in [5, 5.41) is 19.5. The van der Waals surface area contributed by atoms with Crippen LogP contribution in [-0.4, -0.2) is 29.2 Å². The zero-order valence-electron chi connectivity index (χ0n) is 9.12. The second-order valence-electron chi connectivity index (χ2n) is 3.40. The van der Waals surface area contributed by atoms with E-state index in [0.29, 0.717) is 5.75 Å². The quantitative estimate of drug-likeness (QED) is 0.573. The molecule has 0 aromatic heterocycles. The SMILES string of the molecule is COc1ccc(C[C@H](N)C(=O)O)c([N+](=O)[O-])c1. The summed E-state index contributed by atoms with van der Waals surface area (Å²) in [6.07, 6.45) is -0.102. The van der Waals surface area contributed by atoms with Crippen molar-refractivity contribution < 1.29 is 19.6 Å². The molecule has 0 spiro atoms. The molecule has 0 aliphatic rings. The smallest absolute Gasteiger partial charge is 0.320 e. The van der Waals surface area contributed by atoms with Gasteiger partial charge in [-0.15, -0.1) is 0 Å². The first-order valence-corrected chi connectivity index (χ1v) is 4.75. The van der Waals surface area contributed by atoms with Crippen LogP contribution in [0.1, 0.15) is 5.56 Å². The van der Waals surface area contributed by atoms with Crippen LogP contribution in [0.5, 0.6) is 5.75 Å². The normalized spacial score (nSPS) is 11.9. The summed E-state index contributed by atoms with van der Waals surface area (Å²) in [5.74, 6) is -0.862. The Kier molecular flexibility index (Phi) is 4.00. The van der Waals surface area contributed by atoms with Gasteiger partial charge in [0.15, 0.2) is 0 Å². The Bertz CT molecular complexity index is 446. The van der Waals surface area contributed by atoms with Gasteiger partial charge in [0.25, 0.3) is 5.69 Å². The van der Waals surface area contributed by atoms with E-state index in [4.69, 9.17) is 15.6 Å². The summed E-state index contributed by atoms with van der Waals surface area (Å²) in [4.78, 5) is 20.8. The van der Waals surface area contributed by atoms with Gasteiger partial charge in [-0.1, -0.05) is 0 Å². The molecule has 0 unspecified atom stereocenters. The molecule has 0 amide bonds. The van der Waals surface area contributed by atoms with Crippen molar-refractivity contribution in [3.05, 3.63) is 33.9 Å². The van der Waals surface area contributed by atoms with E-state index in [0.717, 1.165) is 0 Å². The highest BCUT2D eigenvalue weighted by molar-refractivity contribution is 5.73. The maximum Gasteiger partial charge on any atom is 0.320 e. The number of aliphatic carboxylic acids is 1. The third-order valence-corrected chi connectivity index (χ3v) is 2.25. The Labute approximate surface area is 97.0 Å². The molecule has 3 N–H and O–H groups in total. The fraction of sp³-hybridized carbons (Fsp3) is 0.300. The lowest BCUT2D eigenvalue weighted by Gasteiger charge is -2.08. The van der Waals surface area contributed by atoms with Crippen molar-refractivity contribution in [2.24, 2.45) is 5.73 Å². The Morgan fingerprint density at radius 1 is 1.65 bits per heavy atom. The van der Waals surface area contributed by atoms with Crippen molar-refractivity contribution in [1.82, 2.24) is 0 Å². The zero-order chi connectivity index (χ0) is 13.0. The highest BCUT2D eigenvalue weighted by Crippen LogP contribution is 2.25. The predicted octanol–water partition coefficient (Wildman–Crippen LogP) is 0.558. The van der Waals surface area contributed by atoms with E-state index in [2.05, 4.69) is 0 Å². The van der Waals surface area contributed by atoms with Gasteiger partial charge in [-0.3, -0.25) is 14.9 Å². The molecule has 0 saturated carbocycles. The largest absolute Gasteiger partial charge is 0.497 e. The molecule has 0 aliphatic carbocycles. The van der Waals surface area contributed by atoms with E-state index in [1.54, 1.807) is 0 Å². The van der Waals surface area contributed by atoms with Crippen molar-refractivity contribution in [2.45, 2.75) is 12.5 Å². The molecule has 1 atom stereocenters. The number of hydrogen-bond donors (Lipinski definition) is 2.